The number of rotatable bonds is 5. The highest BCUT2D eigenvalue weighted by Gasteiger charge is 2.07. The molecule has 2 rings (SSSR count). The van der Waals surface area contributed by atoms with Crippen LogP contribution in [0, 0.1) is 0 Å². The molecule has 0 aliphatic heterocycles. The van der Waals surface area contributed by atoms with E-state index in [2.05, 4.69) is 5.11 Å². The van der Waals surface area contributed by atoms with Crippen LogP contribution in [0.1, 0.15) is 12.0 Å². The lowest BCUT2D eigenvalue weighted by Crippen LogP contribution is -2.09. The summed E-state index contributed by atoms with van der Waals surface area (Å²) in [6.07, 6.45) is 0.655. The molecule has 0 aliphatic carbocycles. The minimum atomic E-state index is -0.347. The van der Waals surface area contributed by atoms with Crippen molar-refractivity contribution < 1.29 is 9.53 Å². The van der Waals surface area contributed by atoms with E-state index in [1.54, 1.807) is 36.4 Å². The molecule has 0 N–H and O–H groups in total. The molecule has 102 valence electrons. The van der Waals surface area contributed by atoms with Crippen LogP contribution in [0.4, 0.5) is 5.69 Å². The number of aryl methyl sites for hydroxylation is 1. The molecule has 0 saturated heterocycles. The molecule has 2 aromatic rings. The molecule has 0 amide bonds. The molecule has 0 bridgehead atoms. The standard InChI is InChI=1S/C15H12ClN2O2/c16-12-6-8-13(9-7-12)20-15(19)10-5-11-3-1-2-4-14(11)18-17/h1-4,6-9H,5,10H2/q-1. The van der Waals surface area contributed by atoms with Crippen molar-refractivity contribution in [1.82, 2.24) is 0 Å². The van der Waals surface area contributed by atoms with Crippen LogP contribution in [-0.2, 0) is 11.2 Å². The van der Waals surface area contributed by atoms with E-state index in [1.165, 1.54) is 0 Å². The molecular formula is C15H12ClN2O2-. The highest BCUT2D eigenvalue weighted by atomic mass is 35.5. The minimum absolute atomic E-state index is 0.204. The molecule has 5 heteroatoms. The first-order chi connectivity index (χ1) is 9.69. The maximum absolute atomic E-state index is 11.7. The van der Waals surface area contributed by atoms with Crippen molar-refractivity contribution in [1.29, 1.82) is 0 Å². The van der Waals surface area contributed by atoms with Gasteiger partial charge in [-0.15, -0.1) is 0 Å². The predicted molar refractivity (Wildman–Crippen MR) is 77.3 cm³/mol. The van der Waals surface area contributed by atoms with Gasteiger partial charge in [-0.3, -0.25) is 4.79 Å². The van der Waals surface area contributed by atoms with Crippen LogP contribution in [-0.4, -0.2) is 5.97 Å². The summed E-state index contributed by atoms with van der Waals surface area (Å²) >= 11 is 5.75. The summed E-state index contributed by atoms with van der Waals surface area (Å²) in [7, 11) is 0. The van der Waals surface area contributed by atoms with Gasteiger partial charge in [0.1, 0.15) is 5.75 Å². The van der Waals surface area contributed by atoms with Gasteiger partial charge in [-0.05, 0) is 42.3 Å². The molecule has 0 aliphatic rings. The average molecular weight is 288 g/mol. The van der Waals surface area contributed by atoms with Gasteiger partial charge in [0.05, 0.1) is 6.42 Å². The van der Waals surface area contributed by atoms with Crippen LogP contribution in [0.2, 0.25) is 5.02 Å². The van der Waals surface area contributed by atoms with Gasteiger partial charge in [-0.2, -0.15) is 0 Å². The van der Waals surface area contributed by atoms with Gasteiger partial charge >= 0.3 is 5.97 Å². The Hall–Kier alpha value is -2.20. The number of halogens is 1. The molecule has 0 fully saturated rings. The van der Waals surface area contributed by atoms with Crippen LogP contribution < -0.4 is 4.74 Å². The SMILES string of the molecule is [N-]=Nc1ccccc1CCC(=O)Oc1ccc(Cl)cc1. The van der Waals surface area contributed by atoms with Crippen molar-refractivity contribution in [3.05, 3.63) is 64.6 Å². The summed E-state index contributed by atoms with van der Waals surface area (Å²) in [5.41, 5.74) is 10.1. The highest BCUT2D eigenvalue weighted by molar-refractivity contribution is 6.30. The van der Waals surface area contributed by atoms with Crippen LogP contribution in [0.5, 0.6) is 5.75 Å². The van der Waals surface area contributed by atoms with E-state index in [1.807, 2.05) is 12.1 Å². The highest BCUT2D eigenvalue weighted by Crippen LogP contribution is 2.21. The second-order valence-electron chi connectivity index (χ2n) is 4.16. The number of ether oxygens (including phenoxy) is 1. The third kappa shape index (κ3) is 3.90. The Morgan fingerprint density at radius 1 is 1.15 bits per heavy atom. The summed E-state index contributed by atoms with van der Waals surface area (Å²) in [4.78, 5) is 11.7. The predicted octanol–water partition coefficient (Wildman–Crippen LogP) is 4.53. The fraction of sp³-hybridized carbons (Fsp3) is 0.133. The second-order valence-corrected chi connectivity index (χ2v) is 4.59. The largest absolute Gasteiger partial charge is 0.706 e. The molecule has 20 heavy (non-hydrogen) atoms. The Morgan fingerprint density at radius 3 is 2.55 bits per heavy atom. The fourth-order valence-electron chi connectivity index (χ4n) is 1.74. The van der Waals surface area contributed by atoms with Gasteiger partial charge in [0.25, 0.3) is 0 Å². The average Bonchev–Trinajstić information content (AvgIpc) is 2.48. The topological polar surface area (TPSA) is 61.0 Å². The zero-order valence-corrected chi connectivity index (χ0v) is 11.4. The number of hydrogen-bond acceptors (Lipinski definition) is 3. The number of carbonyl (C=O) groups excluding carboxylic acids is 1. The fourth-order valence-corrected chi connectivity index (χ4v) is 1.87. The van der Waals surface area contributed by atoms with Gasteiger partial charge in [-0.1, -0.05) is 29.8 Å². The third-order valence-electron chi connectivity index (χ3n) is 2.74. The van der Waals surface area contributed by atoms with Gasteiger partial charge in [-0.25, -0.2) is 0 Å². The Labute approximate surface area is 121 Å². The van der Waals surface area contributed by atoms with Gasteiger partial charge < -0.3 is 15.4 Å². The summed E-state index contributed by atoms with van der Waals surface area (Å²) in [5, 5.41) is 3.76. The summed E-state index contributed by atoms with van der Waals surface area (Å²) < 4.78 is 5.17. The van der Waals surface area contributed by atoms with Crippen molar-refractivity contribution in [3.8, 4) is 5.75 Å². The lowest BCUT2D eigenvalue weighted by molar-refractivity contribution is -0.134. The number of carbonyl (C=O) groups is 1. The van der Waals surface area contributed by atoms with Crippen molar-refractivity contribution in [2.24, 2.45) is 5.11 Å². The van der Waals surface area contributed by atoms with Crippen LogP contribution >= 0.6 is 11.6 Å². The molecule has 0 unspecified atom stereocenters. The van der Waals surface area contributed by atoms with Crippen molar-refractivity contribution in [2.75, 3.05) is 0 Å². The van der Waals surface area contributed by atoms with Crippen LogP contribution in [0.25, 0.3) is 5.53 Å². The van der Waals surface area contributed by atoms with E-state index in [0.29, 0.717) is 22.9 Å². The molecule has 0 radical (unpaired) electrons. The molecule has 0 aromatic heterocycles. The van der Waals surface area contributed by atoms with E-state index in [-0.39, 0.29) is 12.4 Å². The zero-order valence-electron chi connectivity index (χ0n) is 10.6. The Morgan fingerprint density at radius 2 is 1.85 bits per heavy atom. The number of hydrogen-bond donors (Lipinski definition) is 0. The Bertz CT molecular complexity index is 612. The summed E-state index contributed by atoms with van der Waals surface area (Å²) in [6.45, 7) is 0. The second kappa shape index (κ2) is 6.82. The van der Waals surface area contributed by atoms with E-state index in [4.69, 9.17) is 21.9 Å². The number of esters is 1. The van der Waals surface area contributed by atoms with E-state index in [0.717, 1.165) is 5.56 Å². The van der Waals surface area contributed by atoms with Gasteiger partial charge in [0.2, 0.25) is 0 Å². The molecule has 4 nitrogen and oxygen atoms in total. The maximum Gasteiger partial charge on any atom is 0.311 e. The lowest BCUT2D eigenvalue weighted by atomic mass is 10.1. The number of benzene rings is 2. The van der Waals surface area contributed by atoms with Gasteiger partial charge in [0.15, 0.2) is 0 Å². The Balaban J connectivity index is 1.92. The molecule has 2 aromatic carbocycles. The molecule has 0 heterocycles. The van der Waals surface area contributed by atoms with Crippen LogP contribution in [0.15, 0.2) is 53.6 Å². The first-order valence-electron chi connectivity index (χ1n) is 6.08. The smallest absolute Gasteiger partial charge is 0.311 e. The Kier molecular flexibility index (Phi) is 4.85. The molecular weight excluding hydrogens is 276 g/mol. The zero-order chi connectivity index (χ0) is 14.4. The monoisotopic (exact) mass is 287 g/mol. The summed E-state index contributed by atoms with van der Waals surface area (Å²) in [5.74, 6) is 0.111. The minimum Gasteiger partial charge on any atom is -0.706 e. The van der Waals surface area contributed by atoms with E-state index < -0.39 is 0 Å². The van der Waals surface area contributed by atoms with Crippen molar-refractivity contribution in [3.63, 3.8) is 0 Å². The van der Waals surface area contributed by atoms with Gasteiger partial charge in [0, 0.05) is 10.7 Å². The van der Waals surface area contributed by atoms with E-state index in [9.17, 15) is 4.79 Å². The lowest BCUT2D eigenvalue weighted by Gasteiger charge is -2.07. The quantitative estimate of drug-likeness (QED) is 0.461. The molecule has 0 atom stereocenters. The molecule has 0 saturated carbocycles. The normalized spacial score (nSPS) is 10.1. The first kappa shape index (κ1) is 14.2. The summed E-state index contributed by atoms with van der Waals surface area (Å²) in [6, 6.07) is 13.7. The van der Waals surface area contributed by atoms with Crippen molar-refractivity contribution >= 4 is 23.3 Å². The molecule has 0 spiro atoms. The number of nitrogens with zero attached hydrogens (tertiary/aromatic N) is 2. The van der Waals surface area contributed by atoms with Crippen molar-refractivity contribution in [2.45, 2.75) is 12.8 Å². The third-order valence-corrected chi connectivity index (χ3v) is 3.00. The first-order valence-corrected chi connectivity index (χ1v) is 6.46. The van der Waals surface area contributed by atoms with Crippen LogP contribution in [0.3, 0.4) is 0 Å². The van der Waals surface area contributed by atoms with E-state index >= 15 is 0 Å². The maximum atomic E-state index is 11.7.